The summed E-state index contributed by atoms with van der Waals surface area (Å²) in [6, 6.07) is 0. The molecule has 118 valence electrons. The molecule has 0 amide bonds. The summed E-state index contributed by atoms with van der Waals surface area (Å²) in [7, 11) is 2.07. The van der Waals surface area contributed by atoms with Crippen LogP contribution in [0.5, 0.6) is 0 Å². The summed E-state index contributed by atoms with van der Waals surface area (Å²) in [4.78, 5) is 6.90. The van der Waals surface area contributed by atoms with Crippen molar-refractivity contribution in [3.05, 3.63) is 12.7 Å². The van der Waals surface area contributed by atoms with Gasteiger partial charge in [0.1, 0.15) is 0 Å². The molecule has 0 rings (SSSR count). The van der Waals surface area contributed by atoms with Crippen LogP contribution in [-0.2, 0) is 0 Å². The van der Waals surface area contributed by atoms with Gasteiger partial charge in [0.25, 0.3) is 0 Å². The van der Waals surface area contributed by atoms with E-state index in [4.69, 9.17) is 10.1 Å². The molecule has 0 radical (unpaired) electrons. The average Bonchev–Trinajstić information content (AvgIpc) is 2.43. The minimum Gasteiger partial charge on any atom is -0.396 e. The van der Waals surface area contributed by atoms with Crippen molar-refractivity contribution in [2.75, 3.05) is 33.3 Å². The molecule has 1 unspecified atom stereocenters. The lowest BCUT2D eigenvalue weighted by atomic mass is 10.0. The van der Waals surface area contributed by atoms with Gasteiger partial charge in [0.05, 0.1) is 0 Å². The zero-order chi connectivity index (χ0) is 15.2. The molecule has 4 heteroatoms. The topological polar surface area (TPSA) is 47.9 Å². The predicted molar refractivity (Wildman–Crippen MR) is 88.1 cm³/mol. The van der Waals surface area contributed by atoms with Crippen molar-refractivity contribution in [3.63, 3.8) is 0 Å². The quantitative estimate of drug-likeness (QED) is 0.265. The van der Waals surface area contributed by atoms with Gasteiger partial charge < -0.3 is 15.3 Å². The molecular weight excluding hydrogens is 250 g/mol. The second-order valence-electron chi connectivity index (χ2n) is 5.21. The smallest absolute Gasteiger partial charge is 0.193 e. The highest BCUT2D eigenvalue weighted by atomic mass is 16.3. The van der Waals surface area contributed by atoms with Crippen LogP contribution < -0.4 is 5.32 Å². The molecule has 0 aliphatic rings. The molecule has 0 heterocycles. The summed E-state index contributed by atoms with van der Waals surface area (Å²) < 4.78 is 0. The number of aliphatic imine (C=N–C) groups is 1. The minimum atomic E-state index is 0.256. The number of guanidine groups is 1. The van der Waals surface area contributed by atoms with Crippen LogP contribution >= 0.6 is 0 Å². The van der Waals surface area contributed by atoms with Gasteiger partial charge in [0, 0.05) is 33.3 Å². The van der Waals surface area contributed by atoms with Crippen molar-refractivity contribution in [1.29, 1.82) is 0 Å². The Morgan fingerprint density at radius 3 is 2.70 bits per heavy atom. The van der Waals surface area contributed by atoms with Crippen molar-refractivity contribution in [3.8, 4) is 0 Å². The van der Waals surface area contributed by atoms with Gasteiger partial charge in [-0.1, -0.05) is 19.4 Å². The fraction of sp³-hybridized carbons (Fsp3) is 0.812. The standard InChI is InChI=1S/C16H33N3O/c1-5-8-9-12-19(4)16(17-7-3)18-14-15(10-6-2)11-13-20/h5,15,20H,1,6-14H2,2-4H3,(H,17,18). The summed E-state index contributed by atoms with van der Waals surface area (Å²) in [5, 5.41) is 12.4. The Kier molecular flexibility index (Phi) is 12.3. The van der Waals surface area contributed by atoms with Crippen LogP contribution in [-0.4, -0.2) is 49.3 Å². The van der Waals surface area contributed by atoms with Crippen LogP contribution in [0.15, 0.2) is 17.6 Å². The lowest BCUT2D eigenvalue weighted by Gasteiger charge is -2.23. The number of aliphatic hydroxyl groups is 1. The van der Waals surface area contributed by atoms with Crippen molar-refractivity contribution in [1.82, 2.24) is 10.2 Å². The second kappa shape index (κ2) is 13.0. The molecule has 0 aromatic carbocycles. The van der Waals surface area contributed by atoms with Crippen molar-refractivity contribution >= 4 is 5.96 Å². The molecule has 0 saturated heterocycles. The molecule has 0 saturated carbocycles. The highest BCUT2D eigenvalue weighted by molar-refractivity contribution is 5.79. The van der Waals surface area contributed by atoms with Gasteiger partial charge in [0.2, 0.25) is 0 Å². The van der Waals surface area contributed by atoms with Gasteiger partial charge in [-0.3, -0.25) is 4.99 Å². The van der Waals surface area contributed by atoms with E-state index in [1.54, 1.807) is 0 Å². The first-order chi connectivity index (χ1) is 9.69. The maximum absolute atomic E-state index is 9.10. The van der Waals surface area contributed by atoms with Crippen LogP contribution in [0.25, 0.3) is 0 Å². The highest BCUT2D eigenvalue weighted by Gasteiger charge is 2.09. The van der Waals surface area contributed by atoms with Gasteiger partial charge in [-0.15, -0.1) is 6.58 Å². The third kappa shape index (κ3) is 8.97. The highest BCUT2D eigenvalue weighted by Crippen LogP contribution is 2.11. The van der Waals surface area contributed by atoms with E-state index in [1.807, 2.05) is 6.08 Å². The summed E-state index contributed by atoms with van der Waals surface area (Å²) in [6.45, 7) is 10.9. The van der Waals surface area contributed by atoms with Crippen LogP contribution in [0.4, 0.5) is 0 Å². The number of allylic oxidation sites excluding steroid dienone is 1. The van der Waals surface area contributed by atoms with Gasteiger partial charge in [0.15, 0.2) is 5.96 Å². The maximum Gasteiger partial charge on any atom is 0.193 e. The second-order valence-corrected chi connectivity index (χ2v) is 5.21. The predicted octanol–water partition coefficient (Wildman–Crippen LogP) is 2.65. The fourth-order valence-corrected chi connectivity index (χ4v) is 2.18. The van der Waals surface area contributed by atoms with E-state index in [9.17, 15) is 0 Å². The molecule has 0 aliphatic carbocycles. The number of unbranched alkanes of at least 4 members (excludes halogenated alkanes) is 1. The van der Waals surface area contributed by atoms with E-state index in [2.05, 4.69) is 37.7 Å². The number of hydrogen-bond donors (Lipinski definition) is 2. The Hall–Kier alpha value is -1.03. The Morgan fingerprint density at radius 1 is 1.40 bits per heavy atom. The monoisotopic (exact) mass is 283 g/mol. The zero-order valence-electron chi connectivity index (χ0n) is 13.6. The average molecular weight is 283 g/mol. The third-order valence-electron chi connectivity index (χ3n) is 3.33. The fourth-order valence-electron chi connectivity index (χ4n) is 2.18. The number of hydrogen-bond acceptors (Lipinski definition) is 2. The molecule has 20 heavy (non-hydrogen) atoms. The van der Waals surface area contributed by atoms with E-state index < -0.39 is 0 Å². The number of aliphatic hydroxyl groups excluding tert-OH is 1. The first-order valence-electron chi connectivity index (χ1n) is 7.90. The summed E-state index contributed by atoms with van der Waals surface area (Å²) in [6.07, 6.45) is 7.20. The molecular formula is C16H33N3O. The largest absolute Gasteiger partial charge is 0.396 e. The zero-order valence-corrected chi connectivity index (χ0v) is 13.6. The molecule has 2 N–H and O–H groups in total. The van der Waals surface area contributed by atoms with E-state index in [0.717, 1.165) is 57.7 Å². The third-order valence-corrected chi connectivity index (χ3v) is 3.33. The number of nitrogens with one attached hydrogen (secondary N) is 1. The first kappa shape index (κ1) is 19.0. The Bertz CT molecular complexity index is 260. The molecule has 0 fully saturated rings. The molecule has 1 atom stereocenters. The van der Waals surface area contributed by atoms with Crippen molar-refractivity contribution < 1.29 is 5.11 Å². The Labute approximate surface area is 125 Å². The molecule has 4 nitrogen and oxygen atoms in total. The lowest BCUT2D eigenvalue weighted by Crippen LogP contribution is -2.39. The van der Waals surface area contributed by atoms with Crippen LogP contribution in [0, 0.1) is 5.92 Å². The number of nitrogens with zero attached hydrogens (tertiary/aromatic N) is 2. The molecule has 0 aromatic heterocycles. The first-order valence-corrected chi connectivity index (χ1v) is 7.90. The van der Waals surface area contributed by atoms with Crippen molar-refractivity contribution in [2.24, 2.45) is 10.9 Å². The van der Waals surface area contributed by atoms with Crippen LogP contribution in [0.3, 0.4) is 0 Å². The minimum absolute atomic E-state index is 0.256. The van der Waals surface area contributed by atoms with Gasteiger partial charge in [-0.2, -0.15) is 0 Å². The maximum atomic E-state index is 9.10. The van der Waals surface area contributed by atoms with Crippen LogP contribution in [0.2, 0.25) is 0 Å². The normalized spacial score (nSPS) is 13.1. The summed E-state index contributed by atoms with van der Waals surface area (Å²) in [5.74, 6) is 1.45. The number of rotatable bonds is 11. The SMILES string of the molecule is C=CCCCN(C)C(=NCC(CCC)CCO)NCC. The Morgan fingerprint density at radius 2 is 2.15 bits per heavy atom. The lowest BCUT2D eigenvalue weighted by molar-refractivity contribution is 0.253. The molecule has 0 bridgehead atoms. The van der Waals surface area contributed by atoms with Gasteiger partial charge in [-0.05, 0) is 38.5 Å². The van der Waals surface area contributed by atoms with Crippen molar-refractivity contribution in [2.45, 2.75) is 46.0 Å². The van der Waals surface area contributed by atoms with Gasteiger partial charge in [-0.25, -0.2) is 0 Å². The van der Waals surface area contributed by atoms with E-state index in [1.165, 1.54) is 0 Å². The Balaban J connectivity index is 4.44. The molecule has 0 aliphatic heterocycles. The van der Waals surface area contributed by atoms with Crippen LogP contribution in [0.1, 0.15) is 46.0 Å². The summed E-state index contributed by atoms with van der Waals surface area (Å²) in [5.41, 5.74) is 0. The molecule has 0 spiro atoms. The van der Waals surface area contributed by atoms with Gasteiger partial charge >= 0.3 is 0 Å². The molecule has 0 aromatic rings. The van der Waals surface area contributed by atoms with E-state index >= 15 is 0 Å². The van der Waals surface area contributed by atoms with E-state index in [-0.39, 0.29) is 6.61 Å². The van der Waals surface area contributed by atoms with E-state index in [0.29, 0.717) is 5.92 Å². The summed E-state index contributed by atoms with van der Waals surface area (Å²) >= 11 is 0.